The van der Waals surface area contributed by atoms with Crippen LogP contribution in [0.3, 0.4) is 0 Å². The van der Waals surface area contributed by atoms with Gasteiger partial charge in [-0.2, -0.15) is 0 Å². The molecule has 0 aliphatic carbocycles. The van der Waals surface area contributed by atoms with E-state index in [0.717, 1.165) is 11.5 Å². The summed E-state index contributed by atoms with van der Waals surface area (Å²) in [4.78, 5) is 36.0. The molecule has 0 bridgehead atoms. The molecule has 45 heavy (non-hydrogen) atoms. The largest absolute Gasteiger partial charge is 0.489 e. The minimum atomic E-state index is -0.726. The lowest BCUT2D eigenvalue weighted by molar-refractivity contribution is 0.102. The first-order valence-corrected chi connectivity index (χ1v) is 14.1. The summed E-state index contributed by atoms with van der Waals surface area (Å²) >= 11 is 0. The summed E-state index contributed by atoms with van der Waals surface area (Å²) in [7, 11) is 3.37. The quantitative estimate of drug-likeness (QED) is 0.183. The second-order valence-electron chi connectivity index (χ2n) is 10.3. The summed E-state index contributed by atoms with van der Waals surface area (Å²) < 4.78 is 39.2. The van der Waals surface area contributed by atoms with Crippen LogP contribution in [0.2, 0.25) is 0 Å². The average molecular weight is 609 g/mol. The molecular weight excluding hydrogens is 579 g/mol. The van der Waals surface area contributed by atoms with Gasteiger partial charge >= 0.3 is 0 Å². The van der Waals surface area contributed by atoms with Crippen molar-refractivity contribution in [3.63, 3.8) is 0 Å². The maximum atomic E-state index is 15.3. The van der Waals surface area contributed by atoms with Crippen LogP contribution in [0.4, 0.5) is 10.1 Å². The number of carbonyl (C=O) groups is 1. The van der Waals surface area contributed by atoms with Gasteiger partial charge in [0.2, 0.25) is 5.43 Å². The Morgan fingerprint density at radius 1 is 1.02 bits per heavy atom. The number of anilines is 1. The number of furan rings is 1. The maximum Gasteiger partial charge on any atom is 0.261 e. The normalized spacial score (nSPS) is 11.2. The molecule has 0 saturated carbocycles. The highest BCUT2D eigenvalue weighted by Gasteiger charge is 2.24. The minimum Gasteiger partial charge on any atom is -0.489 e. The number of nitrogens with zero attached hydrogens (tertiary/aromatic N) is 3. The van der Waals surface area contributed by atoms with Crippen LogP contribution in [0.1, 0.15) is 21.7 Å². The summed E-state index contributed by atoms with van der Waals surface area (Å²) in [5, 5.41) is 3.43. The predicted octanol–water partition coefficient (Wildman–Crippen LogP) is 6.57. The molecule has 6 aromatic rings. The van der Waals surface area contributed by atoms with Crippen molar-refractivity contribution in [2.24, 2.45) is 7.05 Å². The number of hydrogen-bond acceptors (Lipinski definition) is 8. The number of hydrogen-bond donors (Lipinski definition) is 1. The topological polar surface area (TPSA) is 118 Å². The van der Waals surface area contributed by atoms with Crippen LogP contribution < -0.4 is 20.2 Å². The van der Waals surface area contributed by atoms with E-state index in [9.17, 15) is 9.59 Å². The molecule has 0 spiro atoms. The summed E-state index contributed by atoms with van der Waals surface area (Å²) in [5.74, 6) is -0.671. The Labute approximate surface area is 257 Å². The molecule has 2 aromatic carbocycles. The van der Waals surface area contributed by atoms with Gasteiger partial charge in [0.05, 0.1) is 30.1 Å². The van der Waals surface area contributed by atoms with Gasteiger partial charge in [-0.15, -0.1) is 0 Å². The standard InChI is InChI=1S/C34H29FN4O6/c1-19-30(24-18-44-27-8-6-5-7-23(24)27)33(40)31(20(2)39(19)3)34(41)38-21-9-10-28(25(35)15-21)45-29-11-12-36-26-16-22(17-37-32(26)29)43-14-13-42-4/h5-12,15-18H,13-14H2,1-4H3,(H,38,41). The van der Waals surface area contributed by atoms with E-state index < -0.39 is 17.2 Å². The highest BCUT2D eigenvalue weighted by atomic mass is 19.1. The SMILES string of the molecule is COCCOc1cnc2c(Oc3ccc(NC(=O)c4c(C)n(C)c(C)c(-c5coc6ccccc56)c4=O)cc3F)ccnc2c1. The van der Waals surface area contributed by atoms with Crippen molar-refractivity contribution in [3.8, 4) is 28.4 Å². The van der Waals surface area contributed by atoms with Crippen LogP contribution in [0.25, 0.3) is 33.1 Å². The predicted molar refractivity (Wildman–Crippen MR) is 168 cm³/mol. The van der Waals surface area contributed by atoms with Crippen molar-refractivity contribution < 1.29 is 27.8 Å². The summed E-state index contributed by atoms with van der Waals surface area (Å²) in [5.41, 5.74) is 3.31. The third-order valence-electron chi connectivity index (χ3n) is 7.64. The molecular formula is C34H29FN4O6. The van der Waals surface area contributed by atoms with Crippen LogP contribution in [-0.2, 0) is 11.8 Å². The highest BCUT2D eigenvalue weighted by molar-refractivity contribution is 6.06. The van der Waals surface area contributed by atoms with Crippen LogP contribution in [0.5, 0.6) is 17.2 Å². The van der Waals surface area contributed by atoms with Gasteiger partial charge < -0.3 is 28.5 Å². The van der Waals surface area contributed by atoms with E-state index in [4.69, 9.17) is 18.6 Å². The molecule has 6 rings (SSSR count). The van der Waals surface area contributed by atoms with E-state index in [1.807, 2.05) is 31.2 Å². The molecule has 0 aliphatic rings. The molecule has 0 radical (unpaired) electrons. The van der Waals surface area contributed by atoms with Gasteiger partial charge in [-0.1, -0.05) is 18.2 Å². The molecule has 0 unspecified atom stereocenters. The number of para-hydroxylation sites is 1. The van der Waals surface area contributed by atoms with E-state index in [-0.39, 0.29) is 22.7 Å². The number of aromatic nitrogens is 3. The van der Waals surface area contributed by atoms with Gasteiger partial charge in [-0.25, -0.2) is 9.37 Å². The van der Waals surface area contributed by atoms with E-state index in [1.165, 1.54) is 30.8 Å². The lowest BCUT2D eigenvalue weighted by Gasteiger charge is -2.17. The van der Waals surface area contributed by atoms with Crippen LogP contribution in [0.15, 0.2) is 82.5 Å². The third-order valence-corrected chi connectivity index (χ3v) is 7.64. The number of benzene rings is 2. The monoisotopic (exact) mass is 608 g/mol. The lowest BCUT2D eigenvalue weighted by atomic mass is 9.98. The van der Waals surface area contributed by atoms with Crippen LogP contribution >= 0.6 is 0 Å². The number of pyridine rings is 3. The van der Waals surface area contributed by atoms with Gasteiger partial charge in [-0.05, 0) is 32.0 Å². The lowest BCUT2D eigenvalue weighted by Crippen LogP contribution is -2.28. The maximum absolute atomic E-state index is 15.3. The zero-order chi connectivity index (χ0) is 31.7. The van der Waals surface area contributed by atoms with Crippen molar-refractivity contribution in [1.29, 1.82) is 0 Å². The Morgan fingerprint density at radius 2 is 1.84 bits per heavy atom. The number of nitrogens with one attached hydrogen (secondary N) is 1. The second-order valence-corrected chi connectivity index (χ2v) is 10.3. The number of amides is 1. The van der Waals surface area contributed by atoms with Gasteiger partial charge in [0.25, 0.3) is 5.91 Å². The smallest absolute Gasteiger partial charge is 0.261 e. The zero-order valence-electron chi connectivity index (χ0n) is 25.0. The van der Waals surface area contributed by atoms with E-state index in [0.29, 0.717) is 58.1 Å². The van der Waals surface area contributed by atoms with E-state index >= 15 is 4.39 Å². The number of rotatable bonds is 9. The fourth-order valence-electron chi connectivity index (χ4n) is 5.16. The zero-order valence-corrected chi connectivity index (χ0v) is 25.0. The average Bonchev–Trinajstić information content (AvgIpc) is 3.45. The van der Waals surface area contributed by atoms with E-state index in [1.54, 1.807) is 37.8 Å². The van der Waals surface area contributed by atoms with Crippen molar-refractivity contribution >= 4 is 33.6 Å². The minimum absolute atomic E-state index is 0.0518. The fourth-order valence-corrected chi connectivity index (χ4v) is 5.16. The number of ether oxygens (including phenoxy) is 3. The summed E-state index contributed by atoms with van der Waals surface area (Å²) in [6.07, 6.45) is 4.58. The molecule has 4 aromatic heterocycles. The number of carbonyl (C=O) groups excluding carboxylic acids is 1. The molecule has 0 atom stereocenters. The molecule has 11 heteroatoms. The number of methoxy groups -OCH3 is 1. The Balaban J connectivity index is 1.26. The Hall–Kier alpha value is -5.55. The fraction of sp³-hybridized carbons (Fsp3) is 0.176. The molecule has 10 nitrogen and oxygen atoms in total. The third kappa shape index (κ3) is 5.61. The summed E-state index contributed by atoms with van der Waals surface area (Å²) in [6, 6.07) is 14.7. The van der Waals surface area contributed by atoms with Gasteiger partial charge in [0, 0.05) is 66.6 Å². The van der Waals surface area contributed by atoms with Crippen molar-refractivity contribution in [2.75, 3.05) is 25.6 Å². The molecule has 228 valence electrons. The second kappa shape index (κ2) is 12.2. The van der Waals surface area contributed by atoms with Gasteiger partial charge in [0.1, 0.15) is 29.0 Å². The highest BCUT2D eigenvalue weighted by Crippen LogP contribution is 2.33. The van der Waals surface area contributed by atoms with Crippen molar-refractivity contribution in [2.45, 2.75) is 13.8 Å². The first-order valence-electron chi connectivity index (χ1n) is 14.1. The van der Waals surface area contributed by atoms with Gasteiger partial charge in [-0.3, -0.25) is 14.6 Å². The molecule has 1 N–H and O–H groups in total. The molecule has 1 amide bonds. The Kier molecular flexibility index (Phi) is 8.01. The summed E-state index contributed by atoms with van der Waals surface area (Å²) in [6.45, 7) is 4.29. The van der Waals surface area contributed by atoms with E-state index in [2.05, 4.69) is 15.3 Å². The molecule has 0 saturated heterocycles. The Morgan fingerprint density at radius 3 is 2.64 bits per heavy atom. The Bertz CT molecular complexity index is 2140. The number of fused-ring (bicyclic) bond motifs is 2. The van der Waals surface area contributed by atoms with Crippen LogP contribution in [-0.4, -0.2) is 40.8 Å². The molecule has 4 heterocycles. The first-order chi connectivity index (χ1) is 21.8. The van der Waals surface area contributed by atoms with Crippen molar-refractivity contribution in [3.05, 3.63) is 106 Å². The molecule has 0 fully saturated rings. The first kappa shape index (κ1) is 29.5. The van der Waals surface area contributed by atoms with Crippen LogP contribution in [0, 0.1) is 19.7 Å². The van der Waals surface area contributed by atoms with Crippen molar-refractivity contribution in [1.82, 2.24) is 14.5 Å². The number of halogens is 1. The van der Waals surface area contributed by atoms with Gasteiger partial charge in [0.15, 0.2) is 17.3 Å². The molecule has 0 aliphatic heterocycles.